The van der Waals surface area contributed by atoms with Crippen molar-refractivity contribution in [3.05, 3.63) is 54.1 Å². The molecular weight excluding hydrogens is 444 g/mol. The maximum Gasteiger partial charge on any atom is 0.254 e. The van der Waals surface area contributed by atoms with Gasteiger partial charge < -0.3 is 19.9 Å². The summed E-state index contributed by atoms with van der Waals surface area (Å²) in [6, 6.07) is 13.3. The highest BCUT2D eigenvalue weighted by Crippen LogP contribution is 2.22. The molecule has 1 heterocycles. The number of morpholine rings is 1. The molecule has 33 heavy (non-hydrogen) atoms. The van der Waals surface area contributed by atoms with Crippen molar-refractivity contribution in [2.45, 2.75) is 23.8 Å². The summed E-state index contributed by atoms with van der Waals surface area (Å²) in [4.78, 5) is 28.7. The van der Waals surface area contributed by atoms with E-state index < -0.39 is 10.0 Å². The van der Waals surface area contributed by atoms with E-state index in [0.717, 1.165) is 31.6 Å². The fraction of sp³-hybridized carbons (Fsp3) is 0.391. The molecule has 2 amide bonds. The van der Waals surface area contributed by atoms with Crippen LogP contribution in [0.2, 0.25) is 0 Å². The highest BCUT2D eigenvalue weighted by molar-refractivity contribution is 7.89. The van der Waals surface area contributed by atoms with E-state index >= 15 is 0 Å². The zero-order valence-electron chi connectivity index (χ0n) is 18.5. The third kappa shape index (κ3) is 6.10. The quantitative estimate of drug-likeness (QED) is 0.605. The highest BCUT2D eigenvalue weighted by atomic mass is 32.2. The van der Waals surface area contributed by atoms with Crippen LogP contribution < -0.4 is 14.9 Å². The van der Waals surface area contributed by atoms with Gasteiger partial charge in [-0.15, -0.1) is 0 Å². The Kier molecular flexibility index (Phi) is 6.96. The zero-order chi connectivity index (χ0) is 23.4. The molecule has 1 aliphatic carbocycles. The third-order valence-electron chi connectivity index (χ3n) is 5.57. The summed E-state index contributed by atoms with van der Waals surface area (Å²) >= 11 is 0. The van der Waals surface area contributed by atoms with Crippen molar-refractivity contribution in [2.75, 3.05) is 50.1 Å². The predicted octanol–water partition coefficient (Wildman–Crippen LogP) is 1.67. The predicted molar refractivity (Wildman–Crippen MR) is 125 cm³/mol. The van der Waals surface area contributed by atoms with Crippen molar-refractivity contribution < 1.29 is 22.7 Å². The zero-order valence-corrected chi connectivity index (χ0v) is 19.3. The Hall–Kier alpha value is -2.95. The van der Waals surface area contributed by atoms with Gasteiger partial charge in [0.05, 0.1) is 24.7 Å². The van der Waals surface area contributed by atoms with Crippen molar-refractivity contribution in [3.63, 3.8) is 0 Å². The van der Waals surface area contributed by atoms with E-state index in [2.05, 4.69) is 14.9 Å². The summed E-state index contributed by atoms with van der Waals surface area (Å²) in [6.45, 7) is 2.95. The molecule has 2 aromatic rings. The number of carbonyl (C=O) groups excluding carboxylic acids is 2. The van der Waals surface area contributed by atoms with E-state index in [4.69, 9.17) is 4.74 Å². The molecule has 9 nitrogen and oxygen atoms in total. The smallest absolute Gasteiger partial charge is 0.254 e. The number of benzene rings is 2. The van der Waals surface area contributed by atoms with Gasteiger partial charge in [-0.25, -0.2) is 13.1 Å². The van der Waals surface area contributed by atoms with E-state index in [-0.39, 0.29) is 29.3 Å². The highest BCUT2D eigenvalue weighted by Gasteiger charge is 2.28. The monoisotopic (exact) mass is 472 g/mol. The Morgan fingerprint density at radius 3 is 2.27 bits per heavy atom. The number of likely N-dealkylation sites (N-methyl/N-ethyl adjacent to an activating group) is 1. The van der Waals surface area contributed by atoms with Crippen LogP contribution in [-0.2, 0) is 19.6 Å². The minimum atomic E-state index is -3.57. The number of nitrogens with zero attached hydrogens (tertiary/aromatic N) is 2. The Bertz CT molecular complexity index is 1090. The fourth-order valence-electron chi connectivity index (χ4n) is 3.55. The maximum atomic E-state index is 12.7. The van der Waals surface area contributed by atoms with Gasteiger partial charge >= 0.3 is 0 Å². The molecule has 0 bridgehead atoms. The molecule has 0 aromatic heterocycles. The van der Waals surface area contributed by atoms with Gasteiger partial charge in [0.2, 0.25) is 15.9 Å². The lowest BCUT2D eigenvalue weighted by atomic mass is 10.2. The third-order valence-corrected chi connectivity index (χ3v) is 7.10. The summed E-state index contributed by atoms with van der Waals surface area (Å²) in [5.74, 6) is -0.690. The molecular formula is C23H28N4O5S. The van der Waals surface area contributed by atoms with Crippen LogP contribution in [0.3, 0.4) is 0 Å². The average molecular weight is 473 g/mol. The first-order valence-electron chi connectivity index (χ1n) is 10.9. The molecule has 4 rings (SSSR count). The number of carbonyl (C=O) groups is 2. The van der Waals surface area contributed by atoms with Gasteiger partial charge in [-0.2, -0.15) is 0 Å². The number of hydrogen-bond acceptors (Lipinski definition) is 6. The van der Waals surface area contributed by atoms with Crippen molar-refractivity contribution in [3.8, 4) is 0 Å². The van der Waals surface area contributed by atoms with Crippen LogP contribution in [-0.4, -0.2) is 71.1 Å². The minimum absolute atomic E-state index is 0.0107. The van der Waals surface area contributed by atoms with E-state index in [1.54, 1.807) is 0 Å². The lowest BCUT2D eigenvalue weighted by Crippen LogP contribution is -2.36. The van der Waals surface area contributed by atoms with Gasteiger partial charge in [-0.05, 0) is 61.4 Å². The first-order chi connectivity index (χ1) is 15.8. The Morgan fingerprint density at radius 2 is 1.67 bits per heavy atom. The number of rotatable bonds is 8. The van der Waals surface area contributed by atoms with Crippen LogP contribution in [0, 0.1) is 0 Å². The molecule has 176 valence electrons. The maximum absolute atomic E-state index is 12.7. The van der Waals surface area contributed by atoms with Gasteiger partial charge in [0.15, 0.2) is 0 Å². The van der Waals surface area contributed by atoms with Gasteiger partial charge in [0.25, 0.3) is 5.91 Å². The molecule has 1 saturated carbocycles. The van der Waals surface area contributed by atoms with Gasteiger partial charge in [-0.1, -0.05) is 0 Å². The SMILES string of the molecule is CN(CC(=O)Nc1ccc(N2CCOCC2)cc1)C(=O)c1ccc(S(=O)(=O)NC2CC2)cc1. The summed E-state index contributed by atoms with van der Waals surface area (Å²) in [5, 5.41) is 2.80. The number of sulfonamides is 1. The Labute approximate surface area is 193 Å². The number of hydrogen-bond donors (Lipinski definition) is 2. The lowest BCUT2D eigenvalue weighted by molar-refractivity contribution is -0.116. The lowest BCUT2D eigenvalue weighted by Gasteiger charge is -2.28. The average Bonchev–Trinajstić information content (AvgIpc) is 3.63. The van der Waals surface area contributed by atoms with Crippen LogP contribution in [0.5, 0.6) is 0 Å². The van der Waals surface area contributed by atoms with Crippen molar-refractivity contribution >= 4 is 33.2 Å². The molecule has 0 unspecified atom stereocenters. The second-order valence-electron chi connectivity index (χ2n) is 8.28. The van der Waals surface area contributed by atoms with Crippen LogP contribution in [0.1, 0.15) is 23.2 Å². The normalized spacial score (nSPS) is 16.3. The van der Waals surface area contributed by atoms with Crippen molar-refractivity contribution in [1.82, 2.24) is 9.62 Å². The minimum Gasteiger partial charge on any atom is -0.378 e. The van der Waals surface area contributed by atoms with Crippen LogP contribution in [0.15, 0.2) is 53.4 Å². The van der Waals surface area contributed by atoms with E-state index in [0.29, 0.717) is 24.5 Å². The molecule has 1 aliphatic heterocycles. The molecule has 10 heteroatoms. The second kappa shape index (κ2) is 9.90. The van der Waals surface area contributed by atoms with Crippen molar-refractivity contribution in [2.24, 2.45) is 0 Å². The summed E-state index contributed by atoms with van der Waals surface area (Å²) in [5.41, 5.74) is 2.03. The second-order valence-corrected chi connectivity index (χ2v) is 9.99. The Morgan fingerprint density at radius 1 is 1.03 bits per heavy atom. The molecule has 2 aliphatic rings. The number of ether oxygens (including phenoxy) is 1. The van der Waals surface area contributed by atoms with Crippen LogP contribution in [0.25, 0.3) is 0 Å². The standard InChI is InChI=1S/C23H28N4O5S/c1-26(23(29)17-2-10-21(11-3-17)33(30,31)25-19-4-5-19)16-22(28)24-18-6-8-20(9-7-18)27-12-14-32-15-13-27/h2-3,6-11,19,25H,4-5,12-16H2,1H3,(H,24,28). The van der Waals surface area contributed by atoms with Crippen LogP contribution >= 0.6 is 0 Å². The summed E-state index contributed by atoms with van der Waals surface area (Å²) in [6.07, 6.45) is 1.70. The topological polar surface area (TPSA) is 108 Å². The number of amides is 2. The molecule has 0 atom stereocenters. The van der Waals surface area contributed by atoms with E-state index in [1.807, 2.05) is 24.3 Å². The number of nitrogens with one attached hydrogen (secondary N) is 2. The van der Waals surface area contributed by atoms with Gasteiger partial charge in [0.1, 0.15) is 0 Å². The van der Waals surface area contributed by atoms with Gasteiger partial charge in [-0.3, -0.25) is 9.59 Å². The van der Waals surface area contributed by atoms with Crippen LogP contribution in [0.4, 0.5) is 11.4 Å². The molecule has 2 aromatic carbocycles. The number of anilines is 2. The van der Waals surface area contributed by atoms with Gasteiger partial charge in [0, 0.05) is 43.1 Å². The molecule has 0 radical (unpaired) electrons. The molecule has 0 spiro atoms. The molecule has 1 saturated heterocycles. The first kappa shape index (κ1) is 23.2. The fourth-order valence-corrected chi connectivity index (χ4v) is 4.86. The summed E-state index contributed by atoms with van der Waals surface area (Å²) < 4.78 is 32.5. The Balaban J connectivity index is 1.30. The summed E-state index contributed by atoms with van der Waals surface area (Å²) in [7, 11) is -2.04. The van der Waals surface area contributed by atoms with E-state index in [1.165, 1.54) is 36.2 Å². The molecule has 2 N–H and O–H groups in total. The van der Waals surface area contributed by atoms with Crippen molar-refractivity contribution in [1.29, 1.82) is 0 Å². The van der Waals surface area contributed by atoms with E-state index in [9.17, 15) is 18.0 Å². The molecule has 2 fully saturated rings. The first-order valence-corrected chi connectivity index (χ1v) is 12.4. The largest absolute Gasteiger partial charge is 0.378 e.